The van der Waals surface area contributed by atoms with Crippen LogP contribution < -0.4 is 4.74 Å². The molecule has 1 saturated heterocycles. The highest BCUT2D eigenvalue weighted by Crippen LogP contribution is 2.40. The number of imide groups is 1. The van der Waals surface area contributed by atoms with Crippen LogP contribution in [0.4, 0.5) is 23.7 Å². The lowest BCUT2D eigenvalue weighted by molar-refractivity contribution is -0.385. The van der Waals surface area contributed by atoms with Gasteiger partial charge in [0, 0.05) is 21.7 Å². The molecule has 0 spiro atoms. The number of amides is 2. The van der Waals surface area contributed by atoms with E-state index in [0.717, 1.165) is 11.0 Å². The van der Waals surface area contributed by atoms with E-state index in [2.05, 4.69) is 15.9 Å². The van der Waals surface area contributed by atoms with Gasteiger partial charge in [-0.05, 0) is 48.2 Å². The summed E-state index contributed by atoms with van der Waals surface area (Å²) in [6.45, 7) is -0.467. The Labute approximate surface area is 225 Å². The Balaban J connectivity index is 1.64. The van der Waals surface area contributed by atoms with Gasteiger partial charge in [0.25, 0.3) is 11.1 Å². The molecule has 2 amide bonds. The average molecular weight is 607 g/mol. The zero-order valence-corrected chi connectivity index (χ0v) is 21.3. The maximum atomic E-state index is 13.0. The number of alkyl halides is 3. The van der Waals surface area contributed by atoms with E-state index in [1.165, 1.54) is 24.3 Å². The molecule has 3 aromatic rings. The second-order valence-corrected chi connectivity index (χ2v) is 9.69. The van der Waals surface area contributed by atoms with Crippen molar-refractivity contribution in [2.24, 2.45) is 0 Å². The van der Waals surface area contributed by atoms with Crippen LogP contribution in [0.15, 0.2) is 76.1 Å². The topological polar surface area (TPSA) is 107 Å². The molecule has 0 atom stereocenters. The van der Waals surface area contributed by atoms with Gasteiger partial charge < -0.3 is 4.74 Å². The fourth-order valence-corrected chi connectivity index (χ4v) is 4.61. The van der Waals surface area contributed by atoms with Crippen LogP contribution in [0, 0.1) is 10.1 Å². The first kappa shape index (κ1) is 27.1. The van der Waals surface area contributed by atoms with E-state index in [0.29, 0.717) is 33.9 Å². The molecule has 3 aromatic carbocycles. The number of nitro benzene ring substituents is 1. The van der Waals surface area contributed by atoms with E-state index >= 15 is 0 Å². The summed E-state index contributed by atoms with van der Waals surface area (Å²) in [5.41, 5.74) is -1.59. The van der Waals surface area contributed by atoms with Crippen LogP contribution in [0.3, 0.4) is 0 Å². The van der Waals surface area contributed by atoms with E-state index in [1.54, 1.807) is 30.3 Å². The number of hydrogen-bond acceptors (Lipinski definition) is 7. The Morgan fingerprint density at radius 3 is 2.39 bits per heavy atom. The second kappa shape index (κ2) is 10.8. The van der Waals surface area contributed by atoms with Crippen LogP contribution in [-0.4, -0.2) is 33.3 Å². The highest BCUT2D eigenvalue weighted by atomic mass is 79.9. The second-order valence-electron chi connectivity index (χ2n) is 7.78. The van der Waals surface area contributed by atoms with Gasteiger partial charge >= 0.3 is 11.9 Å². The lowest BCUT2D eigenvalue weighted by Crippen LogP contribution is -2.33. The number of ketones is 1. The van der Waals surface area contributed by atoms with Gasteiger partial charge in [-0.2, -0.15) is 13.2 Å². The number of thioether (sulfide) groups is 1. The van der Waals surface area contributed by atoms with E-state index in [9.17, 15) is 37.7 Å². The minimum Gasteiger partial charge on any atom is -0.449 e. The molecule has 0 saturated carbocycles. The summed E-state index contributed by atoms with van der Waals surface area (Å²) in [5, 5.41) is 10.8. The first-order valence-corrected chi connectivity index (χ1v) is 12.2. The van der Waals surface area contributed by atoms with Crippen molar-refractivity contribution in [3.05, 3.63) is 103 Å². The molecule has 1 heterocycles. The van der Waals surface area contributed by atoms with Crippen molar-refractivity contribution in [1.29, 1.82) is 0 Å². The average Bonchev–Trinajstić information content (AvgIpc) is 3.12. The quantitative estimate of drug-likeness (QED) is 0.122. The van der Waals surface area contributed by atoms with Crippen molar-refractivity contribution in [1.82, 2.24) is 4.90 Å². The molecule has 0 N–H and O–H groups in total. The first-order chi connectivity index (χ1) is 17.9. The Morgan fingerprint density at radius 2 is 1.74 bits per heavy atom. The number of carbonyl (C=O) groups excluding carboxylic acids is 3. The monoisotopic (exact) mass is 606 g/mol. The molecule has 194 valence electrons. The van der Waals surface area contributed by atoms with Crippen molar-refractivity contribution in [3.8, 4) is 11.5 Å². The van der Waals surface area contributed by atoms with E-state index in [-0.39, 0.29) is 16.2 Å². The zero-order chi connectivity index (χ0) is 27.6. The van der Waals surface area contributed by atoms with Crippen LogP contribution in [0.1, 0.15) is 21.5 Å². The van der Waals surface area contributed by atoms with E-state index in [1.807, 2.05) is 0 Å². The van der Waals surface area contributed by atoms with Gasteiger partial charge in [0.1, 0.15) is 5.75 Å². The third kappa shape index (κ3) is 5.94. The molecule has 0 radical (unpaired) electrons. The number of carbonyl (C=O) groups is 3. The fraction of sp³-hybridized carbons (Fsp3) is 0.0800. The molecule has 4 rings (SSSR count). The Kier molecular flexibility index (Phi) is 7.69. The van der Waals surface area contributed by atoms with Crippen molar-refractivity contribution in [3.63, 3.8) is 0 Å². The standard InChI is InChI=1S/C25H14BrF3N2O6S/c26-17-7-9-20(37-21-8-6-16(25(27,28)29)12-18(21)31(35)36)15(10-17)11-22-23(33)30(24(34)38-22)13-19(32)14-4-2-1-3-5-14/h1-12H,13H2/b22-11+. The van der Waals surface area contributed by atoms with Gasteiger partial charge in [-0.15, -0.1) is 0 Å². The van der Waals surface area contributed by atoms with Crippen LogP contribution in [0.5, 0.6) is 11.5 Å². The van der Waals surface area contributed by atoms with Crippen LogP contribution in [0.2, 0.25) is 0 Å². The molecule has 0 aliphatic carbocycles. The summed E-state index contributed by atoms with van der Waals surface area (Å²) in [6.07, 6.45) is -3.50. The summed E-state index contributed by atoms with van der Waals surface area (Å²) in [6, 6.07) is 14.4. The Morgan fingerprint density at radius 1 is 1.05 bits per heavy atom. The molecular weight excluding hydrogens is 593 g/mol. The summed E-state index contributed by atoms with van der Waals surface area (Å²) < 4.78 is 45.2. The third-order valence-corrected chi connectivity index (χ3v) is 6.63. The molecule has 0 aromatic heterocycles. The largest absolute Gasteiger partial charge is 0.449 e. The van der Waals surface area contributed by atoms with Gasteiger partial charge in [-0.1, -0.05) is 46.3 Å². The number of halogens is 4. The summed E-state index contributed by atoms with van der Waals surface area (Å²) >= 11 is 3.86. The molecule has 1 fully saturated rings. The van der Waals surface area contributed by atoms with E-state index < -0.39 is 51.6 Å². The SMILES string of the molecule is O=C(CN1C(=O)S/C(=C/c2cc(Br)ccc2Oc2ccc(C(F)(F)F)cc2[N+](=O)[O-])C1=O)c1ccccc1. The number of nitrogens with zero attached hydrogens (tertiary/aromatic N) is 2. The smallest absolute Gasteiger partial charge is 0.416 e. The van der Waals surface area contributed by atoms with Crippen LogP contribution >= 0.6 is 27.7 Å². The maximum absolute atomic E-state index is 13.0. The summed E-state index contributed by atoms with van der Waals surface area (Å²) in [5.74, 6) is -1.64. The van der Waals surface area contributed by atoms with Crippen molar-refractivity contribution >= 4 is 56.4 Å². The predicted molar refractivity (Wildman–Crippen MR) is 136 cm³/mol. The fourth-order valence-electron chi connectivity index (χ4n) is 3.40. The number of ether oxygens (including phenoxy) is 1. The first-order valence-electron chi connectivity index (χ1n) is 10.6. The van der Waals surface area contributed by atoms with Crippen molar-refractivity contribution < 1.29 is 37.2 Å². The maximum Gasteiger partial charge on any atom is 0.416 e. The molecule has 0 unspecified atom stereocenters. The number of Topliss-reactive ketones (excluding diaryl/α,β-unsaturated/α-hetero) is 1. The van der Waals surface area contributed by atoms with Crippen molar-refractivity contribution in [2.75, 3.05) is 6.54 Å². The highest BCUT2D eigenvalue weighted by Gasteiger charge is 2.37. The van der Waals surface area contributed by atoms with Crippen molar-refractivity contribution in [2.45, 2.75) is 6.18 Å². The van der Waals surface area contributed by atoms with Gasteiger partial charge in [-0.25, -0.2) is 0 Å². The molecule has 13 heteroatoms. The molecule has 0 bridgehead atoms. The Hall–Kier alpha value is -3.97. The van der Waals surface area contributed by atoms with Gasteiger partial charge in [0.05, 0.1) is 21.9 Å². The molecule has 1 aliphatic rings. The van der Waals surface area contributed by atoms with Crippen LogP contribution in [0.25, 0.3) is 6.08 Å². The molecule has 1 aliphatic heterocycles. The van der Waals surface area contributed by atoms with Gasteiger partial charge in [0.2, 0.25) is 5.75 Å². The number of hydrogen-bond donors (Lipinski definition) is 0. The predicted octanol–water partition coefficient (Wildman–Crippen LogP) is 7.09. The van der Waals surface area contributed by atoms with E-state index in [4.69, 9.17) is 4.74 Å². The Bertz CT molecular complexity index is 1490. The number of rotatable bonds is 7. The third-order valence-electron chi connectivity index (χ3n) is 5.23. The van der Waals surface area contributed by atoms with Crippen LogP contribution in [-0.2, 0) is 11.0 Å². The highest BCUT2D eigenvalue weighted by molar-refractivity contribution is 9.10. The zero-order valence-electron chi connectivity index (χ0n) is 18.9. The number of nitro groups is 1. The molecule has 8 nitrogen and oxygen atoms in total. The molecule has 38 heavy (non-hydrogen) atoms. The van der Waals surface area contributed by atoms with Gasteiger partial charge in [0.15, 0.2) is 5.78 Å². The summed E-state index contributed by atoms with van der Waals surface area (Å²) in [7, 11) is 0. The normalized spacial score (nSPS) is 14.7. The lowest BCUT2D eigenvalue weighted by Gasteiger charge is -2.12. The summed E-state index contributed by atoms with van der Waals surface area (Å²) in [4.78, 5) is 49.1. The minimum atomic E-state index is -4.79. The van der Waals surface area contributed by atoms with Gasteiger partial charge in [-0.3, -0.25) is 29.4 Å². The molecular formula is C25H14BrF3N2O6S. The lowest BCUT2D eigenvalue weighted by atomic mass is 10.1. The number of benzene rings is 3. The minimum absolute atomic E-state index is 0.0248.